The van der Waals surface area contributed by atoms with Crippen LogP contribution in [-0.2, 0) is 14.3 Å². The number of nitrogens with zero attached hydrogens (tertiary/aromatic N) is 1. The molecule has 1 atom stereocenters. The third-order valence-electron chi connectivity index (χ3n) is 5.37. The molecule has 0 bridgehead atoms. The van der Waals surface area contributed by atoms with Gasteiger partial charge in [-0.25, -0.2) is 14.6 Å². The van der Waals surface area contributed by atoms with E-state index in [0.29, 0.717) is 42.2 Å². The van der Waals surface area contributed by atoms with Crippen molar-refractivity contribution in [1.82, 2.24) is 10.3 Å². The van der Waals surface area contributed by atoms with Gasteiger partial charge < -0.3 is 20.1 Å². The summed E-state index contributed by atoms with van der Waals surface area (Å²) in [5, 5.41) is 7.06. The lowest BCUT2D eigenvalue weighted by atomic mass is 9.94. The molecule has 166 valence electrons. The van der Waals surface area contributed by atoms with Gasteiger partial charge in [0.05, 0.1) is 13.7 Å². The summed E-state index contributed by atoms with van der Waals surface area (Å²) in [6.45, 7) is 4.96. The predicted octanol–water partition coefficient (Wildman–Crippen LogP) is 3.95. The molecule has 30 heavy (non-hydrogen) atoms. The molecule has 0 aliphatic heterocycles. The number of carbonyl (C=O) groups is 2. The number of pyridine rings is 1. The molecule has 1 aliphatic carbocycles. The Morgan fingerprint density at radius 2 is 2.03 bits per heavy atom. The predicted molar refractivity (Wildman–Crippen MR) is 118 cm³/mol. The molecule has 2 N–H and O–H groups in total. The van der Waals surface area contributed by atoms with E-state index in [0.717, 1.165) is 12.8 Å². The van der Waals surface area contributed by atoms with Gasteiger partial charge in [-0.2, -0.15) is 0 Å². The van der Waals surface area contributed by atoms with E-state index in [1.54, 1.807) is 25.3 Å². The lowest BCUT2D eigenvalue weighted by molar-refractivity contribution is -0.137. The van der Waals surface area contributed by atoms with Crippen molar-refractivity contribution in [2.75, 3.05) is 25.6 Å². The third kappa shape index (κ3) is 7.78. The van der Waals surface area contributed by atoms with Gasteiger partial charge in [-0.3, -0.25) is 0 Å². The van der Waals surface area contributed by atoms with Crippen LogP contribution in [0.5, 0.6) is 0 Å². The van der Waals surface area contributed by atoms with Crippen LogP contribution >= 0.6 is 0 Å². The molecule has 1 fully saturated rings. The van der Waals surface area contributed by atoms with Gasteiger partial charge in [-0.1, -0.05) is 26.2 Å². The molecule has 1 aromatic rings. The average Bonchev–Trinajstić information content (AvgIpc) is 2.77. The zero-order valence-corrected chi connectivity index (χ0v) is 18.4. The van der Waals surface area contributed by atoms with Gasteiger partial charge in [-0.05, 0) is 50.3 Å². The Bertz CT molecular complexity index is 714. The Morgan fingerprint density at radius 1 is 1.27 bits per heavy atom. The number of carbonyl (C=O) groups excluding carboxylic acids is 2. The first-order valence-electron chi connectivity index (χ1n) is 11.0. The molecular weight excluding hydrogens is 382 g/mol. The number of methoxy groups -OCH3 is 1. The van der Waals surface area contributed by atoms with E-state index in [2.05, 4.69) is 22.5 Å². The highest BCUT2D eigenvalue weighted by Crippen LogP contribution is 2.20. The highest BCUT2D eigenvalue weighted by Gasteiger charge is 2.18. The van der Waals surface area contributed by atoms with Crippen molar-refractivity contribution < 1.29 is 19.1 Å². The number of hydrogen-bond donors (Lipinski definition) is 2. The fourth-order valence-corrected chi connectivity index (χ4v) is 3.71. The molecule has 1 aromatic heterocycles. The Labute approximate surface area is 179 Å². The second-order valence-corrected chi connectivity index (χ2v) is 7.56. The van der Waals surface area contributed by atoms with Gasteiger partial charge in [0.25, 0.3) is 0 Å². The highest BCUT2D eigenvalue weighted by molar-refractivity contribution is 5.95. The van der Waals surface area contributed by atoms with Crippen LogP contribution in [-0.4, -0.2) is 49.3 Å². The summed E-state index contributed by atoms with van der Waals surface area (Å²) in [5.74, 6) is -0.415. The minimum absolute atomic E-state index is 0.312. The molecule has 0 radical (unpaired) electrons. The second kappa shape index (κ2) is 13.0. The largest absolute Gasteiger partial charge is 0.465 e. The summed E-state index contributed by atoms with van der Waals surface area (Å²) in [6.07, 6.45) is 13.0. The summed E-state index contributed by atoms with van der Waals surface area (Å²) in [5.41, 5.74) is 0.969. The lowest BCUT2D eigenvalue weighted by Gasteiger charge is -2.28. The number of hydrogen-bond acceptors (Lipinski definition) is 7. The first kappa shape index (κ1) is 23.9. The zero-order valence-electron chi connectivity index (χ0n) is 18.4. The van der Waals surface area contributed by atoms with Crippen LogP contribution in [0.4, 0.5) is 5.82 Å². The van der Waals surface area contributed by atoms with Gasteiger partial charge in [0, 0.05) is 30.9 Å². The maximum absolute atomic E-state index is 12.2. The van der Waals surface area contributed by atoms with Crippen molar-refractivity contribution in [3.8, 4) is 0 Å². The fourth-order valence-electron chi connectivity index (χ4n) is 3.71. The number of rotatable bonds is 11. The first-order valence-corrected chi connectivity index (χ1v) is 11.0. The molecule has 0 saturated heterocycles. The molecule has 1 heterocycles. The first-order chi connectivity index (χ1) is 14.6. The molecule has 1 aliphatic rings. The van der Waals surface area contributed by atoms with Crippen molar-refractivity contribution in [1.29, 1.82) is 0 Å². The maximum Gasteiger partial charge on any atom is 0.341 e. The molecule has 1 saturated carbocycles. The van der Waals surface area contributed by atoms with Crippen LogP contribution < -0.4 is 10.6 Å². The van der Waals surface area contributed by atoms with Crippen LogP contribution in [0.25, 0.3) is 6.08 Å². The molecule has 7 heteroatoms. The third-order valence-corrected chi connectivity index (χ3v) is 5.37. The quantitative estimate of drug-likeness (QED) is 0.416. The van der Waals surface area contributed by atoms with Crippen LogP contribution in [0.15, 0.2) is 18.3 Å². The lowest BCUT2D eigenvalue weighted by Crippen LogP contribution is -2.40. The standard InChI is InChI=1S/C23H35N3O4/c1-4-18(26-19-9-7-6-8-10-19)13-14-24-22-20(23(28)29-3)15-17(16-25-22)11-12-21(27)30-5-2/h11-12,15-16,18-19,26H,4-10,13-14H2,1-3H3,(H,24,25)/b12-11+. The Morgan fingerprint density at radius 3 is 2.70 bits per heavy atom. The number of anilines is 1. The van der Waals surface area contributed by atoms with Crippen molar-refractivity contribution >= 4 is 23.8 Å². The maximum atomic E-state index is 12.2. The molecule has 7 nitrogen and oxygen atoms in total. The summed E-state index contributed by atoms with van der Waals surface area (Å²) >= 11 is 0. The average molecular weight is 418 g/mol. The van der Waals surface area contributed by atoms with Crippen LogP contribution in [0, 0.1) is 0 Å². The second-order valence-electron chi connectivity index (χ2n) is 7.56. The van der Waals surface area contributed by atoms with Gasteiger partial charge in [0.15, 0.2) is 0 Å². The fraction of sp³-hybridized carbons (Fsp3) is 0.609. The van der Waals surface area contributed by atoms with Crippen molar-refractivity contribution in [3.05, 3.63) is 29.5 Å². The van der Waals surface area contributed by atoms with Gasteiger partial charge in [0.1, 0.15) is 11.4 Å². The van der Waals surface area contributed by atoms with E-state index in [-0.39, 0.29) is 0 Å². The molecular formula is C23H35N3O4. The number of esters is 2. The summed E-state index contributed by atoms with van der Waals surface area (Å²) in [4.78, 5) is 28.1. The summed E-state index contributed by atoms with van der Waals surface area (Å²) < 4.78 is 9.77. The van der Waals surface area contributed by atoms with Crippen molar-refractivity contribution in [2.24, 2.45) is 0 Å². The Balaban J connectivity index is 1.97. The van der Waals surface area contributed by atoms with Gasteiger partial charge in [0.2, 0.25) is 0 Å². The highest BCUT2D eigenvalue weighted by atomic mass is 16.5. The molecule has 2 rings (SSSR count). The number of ether oxygens (including phenoxy) is 2. The number of nitrogens with one attached hydrogen (secondary N) is 2. The minimum atomic E-state index is -0.469. The van der Waals surface area contributed by atoms with Crippen LogP contribution in [0.1, 0.15) is 74.7 Å². The van der Waals surface area contributed by atoms with Crippen LogP contribution in [0.2, 0.25) is 0 Å². The van der Waals surface area contributed by atoms with E-state index >= 15 is 0 Å². The molecule has 1 unspecified atom stereocenters. The van der Waals surface area contributed by atoms with Crippen LogP contribution in [0.3, 0.4) is 0 Å². The summed E-state index contributed by atoms with van der Waals surface area (Å²) in [6, 6.07) is 2.72. The molecule has 0 spiro atoms. The van der Waals surface area contributed by atoms with Gasteiger partial charge in [-0.15, -0.1) is 0 Å². The van der Waals surface area contributed by atoms with E-state index in [4.69, 9.17) is 9.47 Å². The zero-order chi connectivity index (χ0) is 21.8. The normalized spacial score (nSPS) is 15.7. The number of aromatic nitrogens is 1. The minimum Gasteiger partial charge on any atom is -0.465 e. The Hall–Kier alpha value is -2.41. The van der Waals surface area contributed by atoms with Crippen molar-refractivity contribution in [3.63, 3.8) is 0 Å². The molecule has 0 aromatic carbocycles. The van der Waals surface area contributed by atoms with E-state index in [1.165, 1.54) is 45.3 Å². The van der Waals surface area contributed by atoms with Crippen molar-refractivity contribution in [2.45, 2.75) is 70.9 Å². The SMILES string of the molecule is CCOC(=O)/C=C/c1cnc(NCCC(CC)NC2CCCCC2)c(C(=O)OC)c1. The van der Waals surface area contributed by atoms with E-state index < -0.39 is 11.9 Å². The summed E-state index contributed by atoms with van der Waals surface area (Å²) in [7, 11) is 1.34. The van der Waals surface area contributed by atoms with E-state index in [9.17, 15) is 9.59 Å². The Kier molecular flexibility index (Phi) is 10.3. The monoisotopic (exact) mass is 417 g/mol. The topological polar surface area (TPSA) is 89.5 Å². The van der Waals surface area contributed by atoms with Gasteiger partial charge >= 0.3 is 11.9 Å². The smallest absolute Gasteiger partial charge is 0.341 e. The molecule has 0 amide bonds. The van der Waals surface area contributed by atoms with E-state index in [1.807, 2.05) is 0 Å².